The number of benzene rings is 1. The molecule has 0 aliphatic carbocycles. The predicted molar refractivity (Wildman–Crippen MR) is 71.3 cm³/mol. The van der Waals surface area contributed by atoms with E-state index in [1.54, 1.807) is 0 Å². The number of hydrogen-bond acceptors (Lipinski definition) is 4. The third-order valence-corrected chi connectivity index (χ3v) is 2.88. The van der Waals surface area contributed by atoms with Crippen molar-refractivity contribution in [2.24, 2.45) is 0 Å². The van der Waals surface area contributed by atoms with E-state index in [1.165, 1.54) is 29.2 Å². The summed E-state index contributed by atoms with van der Waals surface area (Å²) >= 11 is 0. The van der Waals surface area contributed by atoms with E-state index in [4.69, 9.17) is 0 Å². The molecule has 0 unspecified atom stereocenters. The monoisotopic (exact) mass is 278 g/mol. The summed E-state index contributed by atoms with van der Waals surface area (Å²) in [5, 5.41) is 15.8. The first-order valence-electron chi connectivity index (χ1n) is 6.13. The smallest absolute Gasteiger partial charge is 0.322 e. The fourth-order valence-electron chi connectivity index (χ4n) is 1.85. The minimum absolute atomic E-state index is 0.0127. The number of hydrogen-bond donors (Lipinski definition) is 2. The molecule has 8 heteroatoms. The number of anilines is 1. The highest BCUT2D eigenvalue weighted by molar-refractivity contribution is 5.92. The molecule has 1 aromatic rings. The van der Waals surface area contributed by atoms with E-state index in [-0.39, 0.29) is 18.1 Å². The molecular weight excluding hydrogens is 264 g/mol. The molecular formula is C12H14N4O4. The van der Waals surface area contributed by atoms with Gasteiger partial charge in [-0.3, -0.25) is 14.9 Å². The van der Waals surface area contributed by atoms with Crippen LogP contribution in [-0.4, -0.2) is 41.4 Å². The molecule has 8 nitrogen and oxygen atoms in total. The molecule has 20 heavy (non-hydrogen) atoms. The third-order valence-electron chi connectivity index (χ3n) is 2.88. The van der Waals surface area contributed by atoms with E-state index in [0.717, 1.165) is 0 Å². The van der Waals surface area contributed by atoms with Crippen LogP contribution in [0.1, 0.15) is 6.42 Å². The van der Waals surface area contributed by atoms with Crippen molar-refractivity contribution >= 4 is 23.3 Å². The summed E-state index contributed by atoms with van der Waals surface area (Å²) in [5.74, 6) is -0.193. The number of nitro benzene ring substituents is 1. The van der Waals surface area contributed by atoms with Crippen molar-refractivity contribution in [1.29, 1.82) is 0 Å². The molecule has 1 aliphatic heterocycles. The Labute approximate surface area is 114 Å². The molecule has 0 radical (unpaired) electrons. The van der Waals surface area contributed by atoms with Crippen molar-refractivity contribution in [3.05, 3.63) is 34.4 Å². The van der Waals surface area contributed by atoms with Gasteiger partial charge < -0.3 is 15.5 Å². The first kappa shape index (κ1) is 13.8. The van der Waals surface area contributed by atoms with E-state index < -0.39 is 11.0 Å². The van der Waals surface area contributed by atoms with Crippen LogP contribution in [0.25, 0.3) is 0 Å². The Morgan fingerprint density at radius 2 is 2.05 bits per heavy atom. The van der Waals surface area contributed by atoms with Gasteiger partial charge in [-0.15, -0.1) is 0 Å². The zero-order chi connectivity index (χ0) is 14.5. The molecule has 0 aromatic heterocycles. The van der Waals surface area contributed by atoms with Gasteiger partial charge in [0.25, 0.3) is 5.69 Å². The van der Waals surface area contributed by atoms with Crippen LogP contribution in [0.3, 0.4) is 0 Å². The van der Waals surface area contributed by atoms with Gasteiger partial charge >= 0.3 is 6.03 Å². The minimum atomic E-state index is -0.509. The Balaban J connectivity index is 1.99. The van der Waals surface area contributed by atoms with Crippen molar-refractivity contribution in [1.82, 2.24) is 10.2 Å². The second-order valence-corrected chi connectivity index (χ2v) is 4.36. The third kappa shape index (κ3) is 3.44. The van der Waals surface area contributed by atoms with Crippen LogP contribution >= 0.6 is 0 Å². The van der Waals surface area contributed by atoms with Gasteiger partial charge in [0.05, 0.1) is 4.92 Å². The van der Waals surface area contributed by atoms with Crippen LogP contribution in [0, 0.1) is 10.1 Å². The highest BCUT2D eigenvalue weighted by Gasteiger charge is 2.19. The number of carbonyl (C=O) groups excluding carboxylic acids is 2. The second-order valence-electron chi connectivity index (χ2n) is 4.36. The maximum Gasteiger partial charge on any atom is 0.322 e. The van der Waals surface area contributed by atoms with Crippen LogP contribution in [-0.2, 0) is 4.79 Å². The number of nitro groups is 1. The molecule has 1 fully saturated rings. The highest BCUT2D eigenvalue weighted by Crippen LogP contribution is 2.15. The van der Waals surface area contributed by atoms with Gasteiger partial charge in [0.15, 0.2) is 0 Å². The number of nitrogens with one attached hydrogen (secondary N) is 2. The molecule has 1 aliphatic rings. The molecule has 1 saturated heterocycles. The second kappa shape index (κ2) is 6.00. The Kier molecular flexibility index (Phi) is 4.14. The fraction of sp³-hybridized carbons (Fsp3) is 0.333. The number of nitrogens with zero attached hydrogens (tertiary/aromatic N) is 2. The largest absolute Gasteiger partial charge is 0.354 e. The topological polar surface area (TPSA) is 105 Å². The molecule has 0 spiro atoms. The van der Waals surface area contributed by atoms with Crippen LogP contribution in [0.4, 0.5) is 16.2 Å². The minimum Gasteiger partial charge on any atom is -0.354 e. The Morgan fingerprint density at radius 3 is 2.70 bits per heavy atom. The summed E-state index contributed by atoms with van der Waals surface area (Å²) in [4.78, 5) is 34.8. The number of carbonyl (C=O) groups is 2. The molecule has 0 atom stereocenters. The standard InChI is InChI=1S/C12H14N4O4/c17-11-8-15(7-1-6-13-11)12(18)14-9-2-4-10(5-3-9)16(19)20/h2-5H,1,6-8H2,(H,13,17)(H,14,18). The zero-order valence-electron chi connectivity index (χ0n) is 10.7. The zero-order valence-corrected chi connectivity index (χ0v) is 10.7. The summed E-state index contributed by atoms with van der Waals surface area (Å²) in [5.41, 5.74) is 0.405. The van der Waals surface area contributed by atoms with Crippen LogP contribution < -0.4 is 10.6 Å². The summed E-state index contributed by atoms with van der Waals surface area (Å²) in [6.45, 7) is 1.05. The lowest BCUT2D eigenvalue weighted by molar-refractivity contribution is -0.384. The van der Waals surface area contributed by atoms with Crippen molar-refractivity contribution in [2.45, 2.75) is 6.42 Å². The summed E-state index contributed by atoms with van der Waals surface area (Å²) in [6.07, 6.45) is 0.694. The Bertz CT molecular complexity index is 529. The number of non-ortho nitro benzene ring substituents is 1. The average molecular weight is 278 g/mol. The normalized spacial score (nSPS) is 15.2. The summed E-state index contributed by atoms with van der Waals surface area (Å²) in [6, 6.07) is 5.13. The molecule has 3 amide bonds. The van der Waals surface area contributed by atoms with Gasteiger partial charge in [-0.1, -0.05) is 0 Å². The summed E-state index contributed by atoms with van der Waals surface area (Å²) < 4.78 is 0. The lowest BCUT2D eigenvalue weighted by atomic mass is 10.3. The van der Waals surface area contributed by atoms with E-state index in [9.17, 15) is 19.7 Å². The lowest BCUT2D eigenvalue weighted by Gasteiger charge is -2.19. The molecule has 1 aromatic carbocycles. The number of amides is 3. The van der Waals surface area contributed by atoms with E-state index in [1.807, 2.05) is 0 Å². The van der Waals surface area contributed by atoms with Crippen LogP contribution in [0.2, 0.25) is 0 Å². The average Bonchev–Trinajstić information content (AvgIpc) is 2.64. The van der Waals surface area contributed by atoms with Crippen LogP contribution in [0.5, 0.6) is 0 Å². The van der Waals surface area contributed by atoms with Gasteiger partial charge in [0.2, 0.25) is 5.91 Å². The molecule has 106 valence electrons. The maximum absolute atomic E-state index is 12.0. The number of urea groups is 1. The predicted octanol–water partition coefficient (Wildman–Crippen LogP) is 0.949. The first-order valence-corrected chi connectivity index (χ1v) is 6.13. The van der Waals surface area contributed by atoms with Crippen molar-refractivity contribution in [3.8, 4) is 0 Å². The van der Waals surface area contributed by atoms with Gasteiger partial charge in [-0.05, 0) is 18.6 Å². The van der Waals surface area contributed by atoms with Crippen LogP contribution in [0.15, 0.2) is 24.3 Å². The lowest BCUT2D eigenvalue weighted by Crippen LogP contribution is -2.39. The van der Waals surface area contributed by atoms with Gasteiger partial charge in [-0.25, -0.2) is 4.79 Å². The quantitative estimate of drug-likeness (QED) is 0.620. The van der Waals surface area contributed by atoms with E-state index in [2.05, 4.69) is 10.6 Å². The highest BCUT2D eigenvalue weighted by atomic mass is 16.6. The van der Waals surface area contributed by atoms with E-state index in [0.29, 0.717) is 25.2 Å². The first-order chi connectivity index (χ1) is 9.56. The number of rotatable bonds is 2. The molecule has 2 N–H and O–H groups in total. The Morgan fingerprint density at radius 1 is 1.35 bits per heavy atom. The molecule has 0 bridgehead atoms. The Hall–Kier alpha value is -2.64. The SMILES string of the molecule is O=C1CN(C(=O)Nc2ccc([N+](=O)[O-])cc2)CCCN1. The molecule has 0 saturated carbocycles. The van der Waals surface area contributed by atoms with Gasteiger partial charge in [0.1, 0.15) is 6.54 Å². The van der Waals surface area contributed by atoms with Gasteiger partial charge in [0, 0.05) is 30.9 Å². The maximum atomic E-state index is 12.0. The van der Waals surface area contributed by atoms with E-state index >= 15 is 0 Å². The summed E-state index contributed by atoms with van der Waals surface area (Å²) in [7, 11) is 0. The molecule has 1 heterocycles. The van der Waals surface area contributed by atoms with Crippen molar-refractivity contribution in [2.75, 3.05) is 25.0 Å². The van der Waals surface area contributed by atoms with Gasteiger partial charge in [-0.2, -0.15) is 0 Å². The fourth-order valence-corrected chi connectivity index (χ4v) is 1.85. The molecule has 2 rings (SSSR count). The van der Waals surface area contributed by atoms with Crippen molar-refractivity contribution in [3.63, 3.8) is 0 Å². The van der Waals surface area contributed by atoms with Crippen molar-refractivity contribution < 1.29 is 14.5 Å².